The van der Waals surface area contributed by atoms with Gasteiger partial charge >= 0.3 is 0 Å². The number of aromatic nitrogens is 1. The van der Waals surface area contributed by atoms with Crippen molar-refractivity contribution in [3.8, 4) is 0 Å². The first-order chi connectivity index (χ1) is 13.9. The molecule has 0 spiro atoms. The Hall–Kier alpha value is -2.55. The first kappa shape index (κ1) is 19.8. The molecule has 1 aliphatic heterocycles. The summed E-state index contributed by atoms with van der Waals surface area (Å²) in [5, 5.41) is 2.76. The van der Waals surface area contributed by atoms with Crippen molar-refractivity contribution in [3.63, 3.8) is 0 Å². The van der Waals surface area contributed by atoms with Gasteiger partial charge in [-0.25, -0.2) is 8.42 Å². The number of amides is 1. The fourth-order valence-corrected chi connectivity index (χ4v) is 5.59. The molecule has 2 aromatic heterocycles. The third-order valence-electron chi connectivity index (χ3n) is 4.91. The van der Waals surface area contributed by atoms with E-state index in [4.69, 9.17) is 0 Å². The Morgan fingerprint density at radius 2 is 1.93 bits per heavy atom. The first-order valence-corrected chi connectivity index (χ1v) is 11.6. The molecule has 0 saturated carbocycles. The van der Waals surface area contributed by atoms with E-state index in [0.717, 1.165) is 15.8 Å². The number of thiophene rings is 1. The molecule has 3 aromatic rings. The monoisotopic (exact) mass is 427 g/mol. The lowest BCUT2D eigenvalue weighted by Crippen LogP contribution is -2.50. The normalized spacial score (nSPS) is 16.0. The molecule has 1 aliphatic rings. The predicted molar refractivity (Wildman–Crippen MR) is 115 cm³/mol. The van der Waals surface area contributed by atoms with Crippen molar-refractivity contribution in [1.29, 1.82) is 0 Å². The van der Waals surface area contributed by atoms with Gasteiger partial charge in [0.25, 0.3) is 0 Å². The highest BCUT2D eigenvalue weighted by molar-refractivity contribution is 7.89. The van der Waals surface area contributed by atoms with Gasteiger partial charge in [0.1, 0.15) is 4.90 Å². The molecule has 6 nitrogen and oxygen atoms in total. The number of piperazine rings is 1. The highest BCUT2D eigenvalue weighted by Gasteiger charge is 2.31. The summed E-state index contributed by atoms with van der Waals surface area (Å²) in [6.45, 7) is 3.19. The van der Waals surface area contributed by atoms with Crippen LogP contribution in [0.3, 0.4) is 0 Å². The lowest BCUT2D eigenvalue weighted by atomic mass is 10.2. The van der Waals surface area contributed by atoms with E-state index in [0.29, 0.717) is 18.6 Å². The van der Waals surface area contributed by atoms with Gasteiger partial charge in [-0.1, -0.05) is 18.2 Å². The van der Waals surface area contributed by atoms with Crippen molar-refractivity contribution in [2.45, 2.75) is 11.8 Å². The SMILES string of the molecule is Cc1cnc2c(S(=O)(=O)N3CCN(C(=O)/C=C/c4cccs4)CC3)cccc2c1. The standard InChI is InChI=1S/C21H21N3O3S2/c1-16-14-17-4-2-6-19(21(17)22-15-16)29(26,27)24-11-9-23(10-12-24)20(25)8-7-18-5-3-13-28-18/h2-8,13-15H,9-12H2,1H3/b8-7+. The summed E-state index contributed by atoms with van der Waals surface area (Å²) in [5.41, 5.74) is 1.46. The number of pyridine rings is 1. The maximum absolute atomic E-state index is 13.2. The third-order valence-corrected chi connectivity index (χ3v) is 7.68. The average molecular weight is 428 g/mol. The van der Waals surface area contributed by atoms with Gasteiger partial charge in [0, 0.05) is 48.7 Å². The van der Waals surface area contributed by atoms with E-state index in [-0.39, 0.29) is 23.9 Å². The molecule has 1 aromatic carbocycles. The van der Waals surface area contributed by atoms with Gasteiger partial charge in [0.2, 0.25) is 15.9 Å². The molecule has 1 saturated heterocycles. The van der Waals surface area contributed by atoms with Gasteiger partial charge in [-0.05, 0) is 42.1 Å². The van der Waals surface area contributed by atoms with Crippen LogP contribution in [0.4, 0.5) is 0 Å². The highest BCUT2D eigenvalue weighted by atomic mass is 32.2. The van der Waals surface area contributed by atoms with Crippen molar-refractivity contribution in [3.05, 3.63) is 64.5 Å². The number of carbonyl (C=O) groups excluding carboxylic acids is 1. The molecular weight excluding hydrogens is 406 g/mol. The minimum atomic E-state index is -3.68. The van der Waals surface area contributed by atoms with E-state index in [1.165, 1.54) is 4.31 Å². The number of sulfonamides is 1. The molecule has 0 unspecified atom stereocenters. The molecule has 0 aliphatic carbocycles. The topological polar surface area (TPSA) is 70.6 Å². The molecule has 1 amide bonds. The van der Waals surface area contributed by atoms with Crippen LogP contribution in [0.15, 0.2) is 58.9 Å². The molecule has 0 N–H and O–H groups in total. The second-order valence-corrected chi connectivity index (χ2v) is 9.80. The van der Waals surface area contributed by atoms with Crippen molar-refractivity contribution < 1.29 is 13.2 Å². The Bertz CT molecular complexity index is 1160. The Balaban J connectivity index is 1.49. The first-order valence-electron chi connectivity index (χ1n) is 9.31. The smallest absolute Gasteiger partial charge is 0.246 e. The molecule has 0 bridgehead atoms. The van der Waals surface area contributed by atoms with Crippen molar-refractivity contribution >= 4 is 44.2 Å². The Morgan fingerprint density at radius 3 is 2.66 bits per heavy atom. The number of benzene rings is 1. The van der Waals surface area contributed by atoms with Crippen LogP contribution in [-0.4, -0.2) is 54.7 Å². The number of hydrogen-bond acceptors (Lipinski definition) is 5. The minimum absolute atomic E-state index is 0.0993. The van der Waals surface area contributed by atoms with Crippen LogP contribution in [0.1, 0.15) is 10.4 Å². The maximum atomic E-state index is 13.2. The number of fused-ring (bicyclic) bond motifs is 1. The van der Waals surface area contributed by atoms with Crippen LogP contribution in [0.25, 0.3) is 17.0 Å². The van der Waals surface area contributed by atoms with Crippen LogP contribution >= 0.6 is 11.3 Å². The lowest BCUT2D eigenvalue weighted by molar-refractivity contribution is -0.127. The second-order valence-electron chi connectivity index (χ2n) is 6.92. The average Bonchev–Trinajstić information content (AvgIpc) is 3.25. The van der Waals surface area contributed by atoms with Gasteiger partial charge in [-0.2, -0.15) is 4.31 Å². The fraction of sp³-hybridized carbons (Fsp3) is 0.238. The van der Waals surface area contributed by atoms with Gasteiger partial charge in [-0.15, -0.1) is 11.3 Å². The van der Waals surface area contributed by atoms with E-state index in [2.05, 4.69) is 4.98 Å². The number of carbonyl (C=O) groups is 1. The maximum Gasteiger partial charge on any atom is 0.246 e. The quantitative estimate of drug-likeness (QED) is 0.600. The van der Waals surface area contributed by atoms with Crippen molar-refractivity contribution in [2.75, 3.05) is 26.2 Å². The van der Waals surface area contributed by atoms with Crippen molar-refractivity contribution in [2.24, 2.45) is 0 Å². The van der Waals surface area contributed by atoms with Crippen LogP contribution < -0.4 is 0 Å². The second kappa shape index (κ2) is 8.06. The summed E-state index contributed by atoms with van der Waals surface area (Å²) in [6.07, 6.45) is 5.02. The molecule has 29 heavy (non-hydrogen) atoms. The number of rotatable bonds is 4. The number of nitrogens with zero attached hydrogens (tertiary/aromatic N) is 3. The number of aryl methyl sites for hydroxylation is 1. The molecule has 8 heteroatoms. The van der Waals surface area contributed by atoms with Crippen molar-refractivity contribution in [1.82, 2.24) is 14.2 Å². The van der Waals surface area contributed by atoms with Gasteiger partial charge in [-0.3, -0.25) is 9.78 Å². The third kappa shape index (κ3) is 4.10. The molecule has 0 atom stereocenters. The van der Waals surface area contributed by atoms with Gasteiger partial charge in [0.15, 0.2) is 0 Å². The summed E-state index contributed by atoms with van der Waals surface area (Å²) >= 11 is 1.56. The Morgan fingerprint density at radius 1 is 1.14 bits per heavy atom. The Labute approximate surface area is 174 Å². The van der Waals surface area contributed by atoms with Crippen LogP contribution in [-0.2, 0) is 14.8 Å². The van der Waals surface area contributed by atoms with Crippen LogP contribution in [0.2, 0.25) is 0 Å². The molecule has 1 fully saturated rings. The summed E-state index contributed by atoms with van der Waals surface area (Å²) < 4.78 is 27.9. The van der Waals surface area contributed by atoms with E-state index >= 15 is 0 Å². The van der Waals surface area contributed by atoms with E-state index in [1.54, 1.807) is 46.7 Å². The molecule has 3 heterocycles. The zero-order valence-corrected chi connectivity index (χ0v) is 17.6. The van der Waals surface area contributed by atoms with E-state index in [9.17, 15) is 13.2 Å². The van der Waals surface area contributed by atoms with Crippen LogP contribution in [0.5, 0.6) is 0 Å². The van der Waals surface area contributed by atoms with Gasteiger partial charge in [0.05, 0.1) is 5.52 Å². The summed E-state index contributed by atoms with van der Waals surface area (Å²) in [6, 6.07) is 11.0. The zero-order valence-electron chi connectivity index (χ0n) is 16.0. The summed E-state index contributed by atoms with van der Waals surface area (Å²) in [4.78, 5) is 19.7. The minimum Gasteiger partial charge on any atom is -0.337 e. The van der Waals surface area contributed by atoms with E-state index in [1.807, 2.05) is 36.6 Å². The number of para-hydroxylation sites is 1. The fourth-order valence-electron chi connectivity index (χ4n) is 3.38. The zero-order chi connectivity index (χ0) is 20.4. The number of hydrogen-bond donors (Lipinski definition) is 0. The van der Waals surface area contributed by atoms with Gasteiger partial charge < -0.3 is 4.90 Å². The summed E-state index contributed by atoms with van der Waals surface area (Å²) in [7, 11) is -3.68. The predicted octanol–water partition coefficient (Wildman–Crippen LogP) is 3.15. The Kier molecular flexibility index (Phi) is 5.49. The molecule has 4 rings (SSSR count). The largest absolute Gasteiger partial charge is 0.337 e. The highest BCUT2D eigenvalue weighted by Crippen LogP contribution is 2.25. The molecular formula is C21H21N3O3S2. The molecule has 150 valence electrons. The van der Waals surface area contributed by atoms with Crippen LogP contribution in [0, 0.1) is 6.92 Å². The summed E-state index contributed by atoms with van der Waals surface area (Å²) in [5.74, 6) is -0.0993. The lowest BCUT2D eigenvalue weighted by Gasteiger charge is -2.33. The molecule has 0 radical (unpaired) electrons. The van der Waals surface area contributed by atoms with E-state index < -0.39 is 10.0 Å².